The lowest BCUT2D eigenvalue weighted by molar-refractivity contribution is -0.223. The van der Waals surface area contributed by atoms with Crippen molar-refractivity contribution in [1.29, 1.82) is 0 Å². The molecular weight excluding hydrogens is 518 g/mol. The number of halogens is 2. The van der Waals surface area contributed by atoms with Gasteiger partial charge >= 0.3 is 18.0 Å². The van der Waals surface area contributed by atoms with Crippen LogP contribution in [-0.2, 0) is 16.0 Å². The van der Waals surface area contributed by atoms with Crippen molar-refractivity contribution in [3.05, 3.63) is 59.2 Å². The van der Waals surface area contributed by atoms with Gasteiger partial charge in [0.1, 0.15) is 5.75 Å². The SMILES string of the molecule is CCCCCCC1CCC(C(F)(F)Oc2ccc(C=CC(=O)OCCc3c(N)cc(N)cc3C(=O)O)cc2)CC1. The van der Waals surface area contributed by atoms with E-state index in [0.717, 1.165) is 19.3 Å². The zero-order valence-electron chi connectivity index (χ0n) is 23.0. The van der Waals surface area contributed by atoms with Crippen molar-refractivity contribution >= 4 is 29.4 Å². The second-order valence-electron chi connectivity index (χ2n) is 10.5. The number of carboxylic acid groups (broad SMARTS) is 1. The van der Waals surface area contributed by atoms with E-state index in [1.165, 1.54) is 62.1 Å². The highest BCUT2D eigenvalue weighted by atomic mass is 19.3. The number of alkyl halides is 2. The van der Waals surface area contributed by atoms with Crippen molar-refractivity contribution in [1.82, 2.24) is 0 Å². The molecule has 0 amide bonds. The van der Waals surface area contributed by atoms with E-state index in [-0.39, 0.29) is 35.7 Å². The standard InChI is InChI=1S/C31H40F2N2O5/c1-2-3-4-5-6-21-7-12-23(13-8-21)31(32,33)40-25-14-9-22(10-15-25)11-16-29(36)39-18-17-26-27(30(37)38)19-24(34)20-28(26)35/h9-11,14-16,19-21,23H,2-8,12-13,17-18,34-35H2,1H3,(H,37,38). The molecule has 0 bridgehead atoms. The maximum atomic E-state index is 14.8. The molecule has 9 heteroatoms. The lowest BCUT2D eigenvalue weighted by Crippen LogP contribution is -2.37. The van der Waals surface area contributed by atoms with E-state index in [9.17, 15) is 23.5 Å². The predicted molar refractivity (Wildman–Crippen MR) is 152 cm³/mol. The number of ether oxygens (including phenoxy) is 2. The summed E-state index contributed by atoms with van der Waals surface area (Å²) in [6.07, 6.45) is 8.11. The van der Waals surface area contributed by atoms with E-state index >= 15 is 0 Å². The number of hydrogen-bond donors (Lipinski definition) is 3. The van der Waals surface area contributed by atoms with Gasteiger partial charge < -0.3 is 26.0 Å². The minimum absolute atomic E-state index is 0.0394. The van der Waals surface area contributed by atoms with Crippen molar-refractivity contribution < 1.29 is 33.0 Å². The average Bonchev–Trinajstić information content (AvgIpc) is 2.91. The first-order valence-corrected chi connectivity index (χ1v) is 14.0. The quantitative estimate of drug-likeness (QED) is 0.0978. The number of rotatable bonds is 14. The van der Waals surface area contributed by atoms with E-state index in [1.54, 1.807) is 12.1 Å². The number of esters is 1. The van der Waals surface area contributed by atoms with Crippen LogP contribution in [0.4, 0.5) is 20.2 Å². The van der Waals surface area contributed by atoms with Crippen molar-refractivity contribution in [3.8, 4) is 5.75 Å². The Morgan fingerprint density at radius 2 is 1.75 bits per heavy atom. The monoisotopic (exact) mass is 558 g/mol. The zero-order chi connectivity index (χ0) is 29.1. The molecule has 218 valence electrons. The van der Waals surface area contributed by atoms with Gasteiger partial charge in [-0.3, -0.25) is 0 Å². The summed E-state index contributed by atoms with van der Waals surface area (Å²) in [5.74, 6) is -1.99. The Balaban J connectivity index is 1.44. The van der Waals surface area contributed by atoms with Crippen LogP contribution >= 0.6 is 0 Å². The molecule has 0 unspecified atom stereocenters. The third-order valence-corrected chi connectivity index (χ3v) is 7.47. The lowest BCUT2D eigenvalue weighted by Gasteiger charge is -2.33. The van der Waals surface area contributed by atoms with E-state index in [2.05, 4.69) is 6.92 Å². The summed E-state index contributed by atoms with van der Waals surface area (Å²) in [5.41, 5.74) is 12.9. The molecule has 0 heterocycles. The molecule has 1 saturated carbocycles. The maximum absolute atomic E-state index is 14.8. The Morgan fingerprint density at radius 3 is 2.40 bits per heavy atom. The van der Waals surface area contributed by atoms with Crippen LogP contribution in [0.1, 0.15) is 86.2 Å². The summed E-state index contributed by atoms with van der Waals surface area (Å²) < 4.78 is 39.9. The van der Waals surface area contributed by atoms with E-state index in [0.29, 0.717) is 29.9 Å². The number of benzene rings is 2. The zero-order valence-corrected chi connectivity index (χ0v) is 23.0. The molecule has 0 saturated heterocycles. The third-order valence-electron chi connectivity index (χ3n) is 7.47. The Hall–Kier alpha value is -3.62. The Kier molecular flexibility index (Phi) is 11.3. The number of aromatic carboxylic acids is 1. The van der Waals surface area contributed by atoms with Crippen LogP contribution in [0.15, 0.2) is 42.5 Å². The topological polar surface area (TPSA) is 125 Å². The molecule has 7 nitrogen and oxygen atoms in total. The molecule has 1 fully saturated rings. The number of carboxylic acids is 1. The smallest absolute Gasteiger partial charge is 0.400 e. The third kappa shape index (κ3) is 9.24. The van der Waals surface area contributed by atoms with Gasteiger partial charge in [0.25, 0.3) is 0 Å². The van der Waals surface area contributed by atoms with Crippen LogP contribution in [0.2, 0.25) is 0 Å². The maximum Gasteiger partial charge on any atom is 0.400 e. The predicted octanol–water partition coefficient (Wildman–Crippen LogP) is 7.10. The number of unbranched alkanes of at least 4 members (excludes halogenated alkanes) is 3. The largest absolute Gasteiger partial charge is 0.478 e. The fraction of sp³-hybridized carbons (Fsp3) is 0.484. The number of hydrogen-bond acceptors (Lipinski definition) is 6. The minimum Gasteiger partial charge on any atom is -0.478 e. The van der Waals surface area contributed by atoms with E-state index in [1.807, 2.05) is 0 Å². The number of nitrogen functional groups attached to an aromatic ring is 2. The van der Waals surface area contributed by atoms with Gasteiger partial charge in [-0.1, -0.05) is 51.2 Å². The summed E-state index contributed by atoms with van der Waals surface area (Å²) in [5, 5.41) is 9.35. The van der Waals surface area contributed by atoms with Crippen molar-refractivity contribution in [2.24, 2.45) is 11.8 Å². The van der Waals surface area contributed by atoms with E-state index in [4.69, 9.17) is 20.9 Å². The number of anilines is 2. The summed E-state index contributed by atoms with van der Waals surface area (Å²) >= 11 is 0. The molecule has 2 aromatic rings. The molecule has 0 aromatic heterocycles. The van der Waals surface area contributed by atoms with Gasteiger partial charge in [0, 0.05) is 23.9 Å². The molecule has 2 aromatic carbocycles. The second-order valence-corrected chi connectivity index (χ2v) is 10.5. The molecule has 0 spiro atoms. The highest BCUT2D eigenvalue weighted by Crippen LogP contribution is 2.41. The highest BCUT2D eigenvalue weighted by molar-refractivity contribution is 5.92. The molecule has 1 aliphatic rings. The number of carbonyl (C=O) groups excluding carboxylic acids is 1. The van der Waals surface area contributed by atoms with Crippen LogP contribution in [0, 0.1) is 11.8 Å². The highest BCUT2D eigenvalue weighted by Gasteiger charge is 2.43. The normalized spacial score (nSPS) is 17.6. The first-order valence-electron chi connectivity index (χ1n) is 14.0. The Morgan fingerprint density at radius 1 is 1.05 bits per heavy atom. The first kappa shape index (κ1) is 30.9. The lowest BCUT2D eigenvalue weighted by atomic mass is 9.79. The van der Waals surface area contributed by atoms with Gasteiger partial charge in [-0.05, 0) is 73.1 Å². The molecular formula is C31H40F2N2O5. The summed E-state index contributed by atoms with van der Waals surface area (Å²) in [4.78, 5) is 23.5. The summed E-state index contributed by atoms with van der Waals surface area (Å²) in [7, 11) is 0. The summed E-state index contributed by atoms with van der Waals surface area (Å²) in [6, 6.07) is 8.83. The van der Waals surface area contributed by atoms with Crippen molar-refractivity contribution in [2.45, 2.75) is 77.2 Å². The molecule has 0 atom stereocenters. The second kappa shape index (κ2) is 14.7. The van der Waals surface area contributed by atoms with Gasteiger partial charge in [-0.15, -0.1) is 0 Å². The van der Waals surface area contributed by atoms with E-state index < -0.39 is 24.0 Å². The molecule has 3 rings (SSSR count). The minimum atomic E-state index is -3.23. The van der Waals surface area contributed by atoms with Crippen LogP contribution in [0.3, 0.4) is 0 Å². The molecule has 0 aliphatic heterocycles. The molecule has 1 aliphatic carbocycles. The number of carbonyl (C=O) groups is 2. The van der Waals surface area contributed by atoms with Crippen LogP contribution in [0.25, 0.3) is 6.08 Å². The Bertz CT molecular complexity index is 1160. The van der Waals surface area contributed by atoms with Gasteiger partial charge in [-0.25, -0.2) is 9.59 Å². The number of nitrogens with two attached hydrogens (primary N) is 2. The average molecular weight is 559 g/mol. The van der Waals surface area contributed by atoms with Crippen molar-refractivity contribution in [3.63, 3.8) is 0 Å². The summed E-state index contributed by atoms with van der Waals surface area (Å²) in [6.45, 7) is 2.10. The first-order chi connectivity index (χ1) is 19.1. The van der Waals surface area contributed by atoms with Crippen LogP contribution in [-0.4, -0.2) is 29.8 Å². The fourth-order valence-electron chi connectivity index (χ4n) is 5.19. The van der Waals surface area contributed by atoms with Gasteiger partial charge in [0.15, 0.2) is 0 Å². The molecule has 5 N–H and O–H groups in total. The van der Waals surface area contributed by atoms with Gasteiger partial charge in [0.2, 0.25) is 0 Å². The van der Waals surface area contributed by atoms with Crippen molar-refractivity contribution in [2.75, 3.05) is 18.1 Å². The van der Waals surface area contributed by atoms with Gasteiger partial charge in [-0.2, -0.15) is 8.78 Å². The molecule has 0 radical (unpaired) electrons. The Labute approximate surface area is 234 Å². The van der Waals surface area contributed by atoms with Gasteiger partial charge in [0.05, 0.1) is 18.1 Å². The van der Waals surface area contributed by atoms with Crippen LogP contribution in [0.5, 0.6) is 5.75 Å². The van der Waals surface area contributed by atoms with Crippen LogP contribution < -0.4 is 16.2 Å². The fourth-order valence-corrected chi connectivity index (χ4v) is 5.19. The molecule has 40 heavy (non-hydrogen) atoms.